The summed E-state index contributed by atoms with van der Waals surface area (Å²) in [6, 6.07) is 8.18. The van der Waals surface area contributed by atoms with Crippen LogP contribution in [0, 0.1) is 5.82 Å². The monoisotopic (exact) mass is 390 g/mol. The molecule has 1 aliphatic rings. The van der Waals surface area contributed by atoms with Crippen molar-refractivity contribution in [3.63, 3.8) is 0 Å². The number of halogens is 2. The lowest BCUT2D eigenvalue weighted by molar-refractivity contribution is -0.123. The molecule has 3 amide bonds. The summed E-state index contributed by atoms with van der Waals surface area (Å²) >= 11 is 6.23. The maximum atomic E-state index is 13.0. The molecule has 0 spiro atoms. The molecule has 1 saturated heterocycles. The van der Waals surface area contributed by atoms with E-state index in [1.165, 1.54) is 44.6 Å². The van der Waals surface area contributed by atoms with Crippen molar-refractivity contribution in [1.82, 2.24) is 10.2 Å². The molecule has 8 heteroatoms. The van der Waals surface area contributed by atoms with Gasteiger partial charge in [-0.05, 0) is 35.4 Å². The highest BCUT2D eigenvalue weighted by Crippen LogP contribution is 2.34. The molecule has 0 unspecified atom stereocenters. The molecule has 0 bridgehead atoms. The van der Waals surface area contributed by atoms with Crippen molar-refractivity contribution in [3.8, 4) is 11.5 Å². The highest BCUT2D eigenvalue weighted by atomic mass is 35.5. The molecule has 140 valence electrons. The van der Waals surface area contributed by atoms with Crippen LogP contribution < -0.4 is 14.8 Å². The summed E-state index contributed by atoms with van der Waals surface area (Å²) in [4.78, 5) is 25.8. The van der Waals surface area contributed by atoms with Gasteiger partial charge in [-0.3, -0.25) is 9.69 Å². The molecule has 1 fully saturated rings. The first-order valence-corrected chi connectivity index (χ1v) is 8.31. The van der Waals surface area contributed by atoms with Crippen LogP contribution in [0.4, 0.5) is 9.18 Å². The van der Waals surface area contributed by atoms with Gasteiger partial charge in [0.15, 0.2) is 11.5 Å². The van der Waals surface area contributed by atoms with Crippen molar-refractivity contribution in [2.75, 3.05) is 14.2 Å². The van der Waals surface area contributed by atoms with Crippen LogP contribution in [0.3, 0.4) is 0 Å². The SMILES string of the molecule is COc1cc(Cl)c(C=C2NC(=O)N(Cc3ccc(F)cc3)C2=O)cc1OC. The van der Waals surface area contributed by atoms with E-state index in [-0.39, 0.29) is 18.1 Å². The van der Waals surface area contributed by atoms with Gasteiger partial charge in [0, 0.05) is 6.07 Å². The van der Waals surface area contributed by atoms with E-state index in [9.17, 15) is 14.0 Å². The van der Waals surface area contributed by atoms with Gasteiger partial charge in [-0.25, -0.2) is 9.18 Å². The fourth-order valence-electron chi connectivity index (χ4n) is 2.62. The van der Waals surface area contributed by atoms with Crippen molar-refractivity contribution >= 4 is 29.6 Å². The predicted molar refractivity (Wildman–Crippen MR) is 98.0 cm³/mol. The molecule has 27 heavy (non-hydrogen) atoms. The number of hydrogen-bond acceptors (Lipinski definition) is 4. The van der Waals surface area contributed by atoms with Gasteiger partial charge in [-0.2, -0.15) is 0 Å². The number of hydrogen-bond donors (Lipinski definition) is 1. The maximum absolute atomic E-state index is 13.0. The minimum Gasteiger partial charge on any atom is -0.493 e. The zero-order chi connectivity index (χ0) is 19.6. The van der Waals surface area contributed by atoms with Crippen LogP contribution in [-0.2, 0) is 11.3 Å². The van der Waals surface area contributed by atoms with Crippen LogP contribution in [0.15, 0.2) is 42.1 Å². The minimum absolute atomic E-state index is 0.0297. The average Bonchev–Trinajstić information content (AvgIpc) is 2.92. The van der Waals surface area contributed by atoms with Gasteiger partial charge in [0.25, 0.3) is 5.91 Å². The highest BCUT2D eigenvalue weighted by Gasteiger charge is 2.33. The topological polar surface area (TPSA) is 67.9 Å². The van der Waals surface area contributed by atoms with Gasteiger partial charge in [-0.15, -0.1) is 0 Å². The molecule has 0 atom stereocenters. The van der Waals surface area contributed by atoms with Crippen LogP contribution in [0.1, 0.15) is 11.1 Å². The third-order valence-corrected chi connectivity index (χ3v) is 4.35. The van der Waals surface area contributed by atoms with E-state index >= 15 is 0 Å². The molecule has 0 aromatic heterocycles. The lowest BCUT2D eigenvalue weighted by Gasteiger charge is -2.11. The quantitative estimate of drug-likeness (QED) is 0.625. The van der Waals surface area contributed by atoms with Gasteiger partial charge in [0.2, 0.25) is 0 Å². The molecule has 1 N–H and O–H groups in total. The van der Waals surface area contributed by atoms with Crippen molar-refractivity contribution in [2.45, 2.75) is 6.54 Å². The maximum Gasteiger partial charge on any atom is 0.329 e. The number of nitrogens with zero attached hydrogens (tertiary/aromatic N) is 1. The largest absolute Gasteiger partial charge is 0.493 e. The van der Waals surface area contributed by atoms with E-state index in [1.54, 1.807) is 12.1 Å². The average molecular weight is 391 g/mol. The van der Waals surface area contributed by atoms with Gasteiger partial charge in [0.1, 0.15) is 11.5 Å². The number of imide groups is 1. The third kappa shape index (κ3) is 3.88. The Labute approximate surface area is 160 Å². The van der Waals surface area contributed by atoms with Crippen molar-refractivity contribution in [2.24, 2.45) is 0 Å². The predicted octanol–water partition coefficient (Wildman–Crippen LogP) is 3.59. The number of amides is 3. The van der Waals surface area contributed by atoms with E-state index in [0.717, 1.165) is 4.90 Å². The number of ether oxygens (including phenoxy) is 2. The van der Waals surface area contributed by atoms with Crippen LogP contribution in [0.25, 0.3) is 6.08 Å². The number of methoxy groups -OCH3 is 2. The highest BCUT2D eigenvalue weighted by molar-refractivity contribution is 6.32. The van der Waals surface area contributed by atoms with Gasteiger partial charge >= 0.3 is 6.03 Å². The third-order valence-electron chi connectivity index (χ3n) is 4.02. The second-order valence-electron chi connectivity index (χ2n) is 5.73. The fraction of sp³-hybridized carbons (Fsp3) is 0.158. The Balaban J connectivity index is 1.87. The Morgan fingerprint density at radius 1 is 1.11 bits per heavy atom. The molecular weight excluding hydrogens is 375 g/mol. The summed E-state index contributed by atoms with van der Waals surface area (Å²) in [5, 5.41) is 2.85. The standard InChI is InChI=1S/C19H16ClFN2O4/c1-26-16-8-12(14(20)9-17(16)27-2)7-15-18(24)23(19(25)22-15)10-11-3-5-13(21)6-4-11/h3-9H,10H2,1-2H3,(H,22,25). The van der Waals surface area contributed by atoms with Crippen LogP contribution in [-0.4, -0.2) is 31.1 Å². The number of urea groups is 1. The second kappa shape index (κ2) is 7.67. The second-order valence-corrected chi connectivity index (χ2v) is 6.14. The Bertz CT molecular complexity index is 928. The Morgan fingerprint density at radius 2 is 1.74 bits per heavy atom. The molecule has 0 saturated carbocycles. The number of carbonyl (C=O) groups is 2. The molecule has 6 nitrogen and oxygen atoms in total. The Kier molecular flexibility index (Phi) is 5.32. The minimum atomic E-state index is -0.563. The zero-order valence-corrected chi connectivity index (χ0v) is 15.3. The zero-order valence-electron chi connectivity index (χ0n) is 14.6. The molecule has 1 aliphatic heterocycles. The van der Waals surface area contributed by atoms with Crippen molar-refractivity contribution in [1.29, 1.82) is 0 Å². The van der Waals surface area contributed by atoms with Gasteiger partial charge < -0.3 is 14.8 Å². The Hall–Kier alpha value is -3.06. The van der Waals surface area contributed by atoms with Crippen LogP contribution in [0.5, 0.6) is 11.5 Å². The summed E-state index contributed by atoms with van der Waals surface area (Å²) < 4.78 is 23.4. The molecule has 2 aromatic rings. The molecule has 3 rings (SSSR count). The Morgan fingerprint density at radius 3 is 2.37 bits per heavy atom. The summed E-state index contributed by atoms with van der Waals surface area (Å²) in [7, 11) is 2.97. The summed E-state index contributed by atoms with van der Waals surface area (Å²) in [5.41, 5.74) is 1.20. The van der Waals surface area contributed by atoms with Crippen molar-refractivity contribution in [3.05, 3.63) is 64.1 Å². The van der Waals surface area contributed by atoms with Gasteiger partial charge in [0.05, 0.1) is 25.8 Å². The fourth-order valence-corrected chi connectivity index (χ4v) is 2.83. The number of rotatable bonds is 5. The van der Waals surface area contributed by atoms with Crippen LogP contribution in [0.2, 0.25) is 5.02 Å². The van der Waals surface area contributed by atoms with Crippen molar-refractivity contribution < 1.29 is 23.5 Å². The lowest BCUT2D eigenvalue weighted by atomic mass is 10.1. The smallest absolute Gasteiger partial charge is 0.329 e. The first-order valence-electron chi connectivity index (χ1n) is 7.93. The first kappa shape index (κ1) is 18.7. The van der Waals surface area contributed by atoms with Gasteiger partial charge in [-0.1, -0.05) is 23.7 Å². The van der Waals surface area contributed by atoms with E-state index in [1.807, 2.05) is 0 Å². The molecule has 0 radical (unpaired) electrons. The number of nitrogens with one attached hydrogen (secondary N) is 1. The normalized spacial score (nSPS) is 15.3. The molecule has 0 aliphatic carbocycles. The number of carbonyl (C=O) groups excluding carboxylic acids is 2. The summed E-state index contributed by atoms with van der Waals surface area (Å²) in [5.74, 6) is -0.00660. The first-order chi connectivity index (χ1) is 12.9. The van der Waals surface area contributed by atoms with E-state index in [2.05, 4.69) is 5.32 Å². The molecule has 2 aromatic carbocycles. The molecular formula is C19H16ClFN2O4. The number of benzene rings is 2. The summed E-state index contributed by atoms with van der Waals surface area (Å²) in [6.45, 7) is 0.0297. The lowest BCUT2D eigenvalue weighted by Crippen LogP contribution is -2.30. The summed E-state index contributed by atoms with van der Waals surface area (Å²) in [6.07, 6.45) is 1.47. The van der Waals surface area contributed by atoms with E-state index in [4.69, 9.17) is 21.1 Å². The van der Waals surface area contributed by atoms with E-state index in [0.29, 0.717) is 27.6 Å². The van der Waals surface area contributed by atoms with Crippen LogP contribution >= 0.6 is 11.6 Å². The van der Waals surface area contributed by atoms with E-state index < -0.39 is 11.9 Å². The molecule has 1 heterocycles.